The predicted molar refractivity (Wildman–Crippen MR) is 139 cm³/mol. The van der Waals surface area contributed by atoms with E-state index in [0.717, 1.165) is 10.9 Å². The maximum Gasteiger partial charge on any atom is 0.340 e. The van der Waals surface area contributed by atoms with Crippen molar-refractivity contribution in [2.75, 3.05) is 17.8 Å². The van der Waals surface area contributed by atoms with Crippen molar-refractivity contribution in [3.05, 3.63) is 41.1 Å². The van der Waals surface area contributed by atoms with Crippen LogP contribution >= 0.6 is 37.0 Å². The van der Waals surface area contributed by atoms with Crippen LogP contribution in [0, 0.1) is 5.82 Å². The number of nitrogens with one attached hydrogen (secondary N) is 1. The normalized spacial score (nSPS) is 25.2. The van der Waals surface area contributed by atoms with E-state index in [1.54, 1.807) is 0 Å². The highest BCUT2D eigenvalue weighted by molar-refractivity contribution is 8.45. The Labute approximate surface area is 242 Å². The summed E-state index contributed by atoms with van der Waals surface area (Å²) in [6.07, 6.45) is -5.44. The van der Waals surface area contributed by atoms with Crippen LogP contribution < -0.4 is 5.32 Å². The molecule has 0 aliphatic carbocycles. The number of halogens is 7. The molecule has 1 aliphatic heterocycles. The summed E-state index contributed by atoms with van der Waals surface area (Å²) in [6, 6.07) is -0.919. The van der Waals surface area contributed by atoms with Gasteiger partial charge in [0.05, 0.1) is 24.2 Å². The van der Waals surface area contributed by atoms with Crippen LogP contribution in [0.3, 0.4) is 0 Å². The van der Waals surface area contributed by atoms with Crippen molar-refractivity contribution in [1.29, 1.82) is 0 Å². The Bertz CT molecular complexity index is 1670. The van der Waals surface area contributed by atoms with E-state index in [1.165, 1.54) is 6.92 Å². The molecule has 242 valence electrons. The Hall–Kier alpha value is -2.03. The van der Waals surface area contributed by atoms with E-state index in [2.05, 4.69) is 24.9 Å². The van der Waals surface area contributed by atoms with Crippen LogP contribution in [-0.2, 0) is 18.4 Å². The maximum absolute atomic E-state index is 14.5. The van der Waals surface area contributed by atoms with Crippen LogP contribution in [0.25, 0.3) is 11.0 Å². The van der Waals surface area contributed by atoms with Gasteiger partial charge < -0.3 is 39.5 Å². The number of hydrogen-bond acceptors (Lipinski definition) is 10. The summed E-state index contributed by atoms with van der Waals surface area (Å²) in [4.78, 5) is 32.9. The van der Waals surface area contributed by atoms with E-state index in [9.17, 15) is 48.1 Å². The summed E-state index contributed by atoms with van der Waals surface area (Å²) in [5.74, 6) is -3.25. The average Bonchev–Trinajstić information content (AvgIpc) is 3.35. The van der Waals surface area contributed by atoms with Crippen LogP contribution in [0.15, 0.2) is 29.3 Å². The first kappa shape index (κ1) is 33.9. The minimum atomic E-state index is -10.1. The molecule has 0 saturated carbocycles. The molecule has 2 aromatic heterocycles. The van der Waals surface area contributed by atoms with Crippen molar-refractivity contribution in [2.24, 2.45) is 0 Å². The molecule has 1 saturated heterocycles. The SMILES string of the molecule is C[C@@H](Nc1nc(Cl)nc2c1cnn2[C@@H]1O[C@H](COP(=O)(O)CP(=O)(O)O)[C@H](O)C1O)c1ccc(S(F)(F)(F)(F)F)cc1F. The fourth-order valence-corrected chi connectivity index (χ4v) is 7.49. The Morgan fingerprint density at radius 2 is 1.79 bits per heavy atom. The van der Waals surface area contributed by atoms with Gasteiger partial charge in [-0.3, -0.25) is 9.13 Å². The summed E-state index contributed by atoms with van der Waals surface area (Å²) in [5.41, 5.74) is -0.597. The molecule has 1 fully saturated rings. The van der Waals surface area contributed by atoms with E-state index in [-0.39, 0.29) is 29.0 Å². The topological polar surface area (TPSA) is 209 Å². The number of aromatic nitrogens is 4. The van der Waals surface area contributed by atoms with Crippen molar-refractivity contribution in [2.45, 2.75) is 42.4 Å². The van der Waals surface area contributed by atoms with Crippen molar-refractivity contribution in [3.8, 4) is 0 Å². The zero-order valence-electron chi connectivity index (χ0n) is 21.2. The molecule has 0 amide bonds. The predicted octanol–water partition coefficient (Wildman–Crippen LogP) is 4.41. The largest absolute Gasteiger partial charge is 0.387 e. The third-order valence-corrected chi connectivity index (χ3v) is 10.8. The van der Waals surface area contributed by atoms with Gasteiger partial charge in [-0.2, -0.15) is 15.1 Å². The monoisotopic (exact) mass is 707 g/mol. The summed E-state index contributed by atoms with van der Waals surface area (Å²) in [5, 5.41) is 27.2. The standard InChI is InChI=1S/C19H22ClF6N5O9P2S/c1-8(10-3-2-9(4-12(10)21)43(22,23,24,25)26)28-16-11-5-27-31(17(11)30-19(20)29-16)18-15(33)14(32)13(40-18)6-39-42(37,38)7-41(34,35)36/h2-5,8,13-15,18,32-33H,6-7H2,1H3,(H,37,38)(H,28,29,30)(H2,34,35,36)/t8-,13-,14+,15?,18-/m1/s1. The van der Waals surface area contributed by atoms with Gasteiger partial charge in [0.2, 0.25) is 5.28 Å². The Morgan fingerprint density at radius 1 is 1.14 bits per heavy atom. The fraction of sp³-hybridized carbons (Fsp3) is 0.421. The van der Waals surface area contributed by atoms with Crippen molar-refractivity contribution < 1.29 is 67.1 Å². The second kappa shape index (κ2) is 10.5. The molecule has 2 unspecified atom stereocenters. The molecule has 6 atom stereocenters. The Kier molecular flexibility index (Phi) is 8.28. The van der Waals surface area contributed by atoms with Crippen LogP contribution in [0.5, 0.6) is 0 Å². The van der Waals surface area contributed by atoms with E-state index >= 15 is 0 Å². The summed E-state index contributed by atoms with van der Waals surface area (Å²) in [7, 11) is -19.9. The van der Waals surface area contributed by atoms with Crippen molar-refractivity contribution in [1.82, 2.24) is 19.7 Å². The fourth-order valence-electron chi connectivity index (χ4n) is 4.11. The number of anilines is 1. The molecule has 0 spiro atoms. The highest BCUT2D eigenvalue weighted by atomic mass is 35.5. The van der Waals surface area contributed by atoms with E-state index in [1.807, 2.05) is 0 Å². The van der Waals surface area contributed by atoms with Gasteiger partial charge in [0.25, 0.3) is 0 Å². The number of rotatable bonds is 10. The number of ether oxygens (including phenoxy) is 1. The van der Waals surface area contributed by atoms with Gasteiger partial charge in [-0.25, -0.2) is 9.07 Å². The van der Waals surface area contributed by atoms with Crippen LogP contribution in [0.1, 0.15) is 24.8 Å². The Morgan fingerprint density at radius 3 is 2.37 bits per heavy atom. The van der Waals surface area contributed by atoms with Crippen LogP contribution in [0.2, 0.25) is 5.28 Å². The molecule has 1 aromatic carbocycles. The quantitative estimate of drug-likeness (QED) is 0.0982. The average molecular weight is 708 g/mol. The van der Waals surface area contributed by atoms with E-state index < -0.39 is 90.1 Å². The minimum absolute atomic E-state index is 0.0341. The lowest BCUT2D eigenvalue weighted by Gasteiger charge is -2.40. The van der Waals surface area contributed by atoms with Crippen LogP contribution in [-0.4, -0.2) is 75.5 Å². The van der Waals surface area contributed by atoms with Crippen LogP contribution in [0.4, 0.5) is 29.6 Å². The first-order chi connectivity index (χ1) is 19.3. The molecule has 24 heteroatoms. The third-order valence-electron chi connectivity index (χ3n) is 6.05. The second-order valence-electron chi connectivity index (χ2n) is 9.47. The van der Waals surface area contributed by atoms with Gasteiger partial charge >= 0.3 is 25.4 Å². The number of hydrogen-bond donors (Lipinski definition) is 6. The molecule has 0 radical (unpaired) electrons. The number of aliphatic hydroxyl groups excluding tert-OH is 2. The van der Waals surface area contributed by atoms with Crippen molar-refractivity contribution in [3.63, 3.8) is 0 Å². The lowest BCUT2D eigenvalue weighted by Crippen LogP contribution is -2.33. The molecular weight excluding hydrogens is 686 g/mol. The smallest absolute Gasteiger partial charge is 0.340 e. The minimum Gasteiger partial charge on any atom is -0.387 e. The number of aliphatic hydroxyl groups is 2. The summed E-state index contributed by atoms with van der Waals surface area (Å²) in [6.45, 7) is 0.398. The molecule has 6 N–H and O–H groups in total. The molecule has 3 aromatic rings. The lowest BCUT2D eigenvalue weighted by atomic mass is 10.1. The number of fused-ring (bicyclic) bond motifs is 1. The lowest BCUT2D eigenvalue weighted by molar-refractivity contribution is -0.0541. The molecule has 0 bridgehead atoms. The number of benzene rings is 1. The van der Waals surface area contributed by atoms with Crippen molar-refractivity contribution >= 4 is 53.9 Å². The Balaban J connectivity index is 1.57. The highest BCUT2D eigenvalue weighted by Gasteiger charge is 2.65. The molecule has 3 heterocycles. The molecule has 4 rings (SSSR count). The van der Waals surface area contributed by atoms with E-state index in [4.69, 9.17) is 26.1 Å². The van der Waals surface area contributed by atoms with Gasteiger partial charge in [-0.05, 0) is 30.7 Å². The third kappa shape index (κ3) is 7.80. The molecule has 43 heavy (non-hydrogen) atoms. The second-order valence-corrected chi connectivity index (χ2v) is 16.2. The molecule has 14 nitrogen and oxygen atoms in total. The van der Waals surface area contributed by atoms with Gasteiger partial charge in [0.15, 0.2) is 17.8 Å². The maximum atomic E-state index is 14.5. The number of nitrogens with zero attached hydrogens (tertiary/aromatic N) is 4. The zero-order valence-corrected chi connectivity index (χ0v) is 24.6. The van der Waals surface area contributed by atoms with E-state index in [0.29, 0.717) is 6.07 Å². The summed E-state index contributed by atoms with van der Waals surface area (Å²) < 4.78 is 114. The highest BCUT2D eigenvalue weighted by Crippen LogP contribution is 3.02. The first-order valence-electron chi connectivity index (χ1n) is 11.6. The van der Waals surface area contributed by atoms with Gasteiger partial charge in [-0.15, -0.1) is 0 Å². The molecular formula is C19H22ClF6N5O9P2S. The van der Waals surface area contributed by atoms with Gasteiger partial charge in [0.1, 0.15) is 34.8 Å². The zero-order chi connectivity index (χ0) is 32.4. The summed E-state index contributed by atoms with van der Waals surface area (Å²) >= 11 is 5.99. The van der Waals surface area contributed by atoms with Gasteiger partial charge in [0, 0.05) is 5.56 Å². The first-order valence-corrected chi connectivity index (χ1v) is 17.5. The van der Waals surface area contributed by atoms with Gasteiger partial charge in [-0.1, -0.05) is 25.5 Å². The molecule has 1 aliphatic rings.